The van der Waals surface area contributed by atoms with Gasteiger partial charge in [0, 0.05) is 18.4 Å². The van der Waals surface area contributed by atoms with E-state index in [0.717, 1.165) is 11.1 Å². The average molecular weight is 406 g/mol. The van der Waals surface area contributed by atoms with Gasteiger partial charge < -0.3 is 14.2 Å². The molecule has 0 aromatic carbocycles. The van der Waals surface area contributed by atoms with E-state index in [9.17, 15) is 14.8 Å². The van der Waals surface area contributed by atoms with Crippen molar-refractivity contribution < 1.29 is 33.9 Å². The van der Waals surface area contributed by atoms with E-state index in [1.807, 2.05) is 19.9 Å². The van der Waals surface area contributed by atoms with Crippen LogP contribution in [-0.4, -0.2) is 47.2 Å². The lowest BCUT2D eigenvalue weighted by Crippen LogP contribution is -2.37. The van der Waals surface area contributed by atoms with E-state index in [1.165, 1.54) is 6.92 Å². The monoisotopic (exact) mass is 406 g/mol. The Balaban J connectivity index is 1.92. The summed E-state index contributed by atoms with van der Waals surface area (Å²) in [4.78, 5) is 28.7. The number of hydrogen-bond acceptors (Lipinski definition) is 7. The molecule has 7 nitrogen and oxygen atoms in total. The molecule has 29 heavy (non-hydrogen) atoms. The van der Waals surface area contributed by atoms with Gasteiger partial charge in [0.2, 0.25) is 0 Å². The van der Waals surface area contributed by atoms with Crippen LogP contribution in [0.15, 0.2) is 36.0 Å². The van der Waals surface area contributed by atoms with Gasteiger partial charge >= 0.3 is 11.9 Å². The summed E-state index contributed by atoms with van der Waals surface area (Å²) in [6, 6.07) is 0. The van der Waals surface area contributed by atoms with Crippen LogP contribution in [-0.2, 0) is 28.7 Å². The fourth-order valence-corrected chi connectivity index (χ4v) is 4.33. The largest absolute Gasteiger partial charge is 0.454 e. The Hall–Kier alpha value is -1.96. The smallest absolute Gasteiger partial charge is 0.334 e. The van der Waals surface area contributed by atoms with Crippen LogP contribution in [0.4, 0.5) is 0 Å². The Labute approximate surface area is 171 Å². The molecule has 0 aromatic heterocycles. The molecule has 0 amide bonds. The second kappa shape index (κ2) is 8.42. The van der Waals surface area contributed by atoms with Gasteiger partial charge in [-0.1, -0.05) is 19.2 Å². The normalized spacial score (nSPS) is 38.3. The lowest BCUT2D eigenvalue weighted by molar-refractivity contribution is -0.270. The molecule has 6 atom stereocenters. The zero-order valence-electron chi connectivity index (χ0n) is 17.3. The molecular formula is C22H30O7. The molecule has 1 N–H and O–H groups in total. The van der Waals surface area contributed by atoms with Crippen molar-refractivity contribution >= 4 is 11.9 Å². The Morgan fingerprint density at radius 2 is 2.10 bits per heavy atom. The molecule has 0 aromatic rings. The maximum absolute atomic E-state index is 12.3. The predicted molar refractivity (Wildman–Crippen MR) is 105 cm³/mol. The van der Waals surface area contributed by atoms with Crippen molar-refractivity contribution in [2.24, 2.45) is 5.92 Å². The van der Waals surface area contributed by atoms with Gasteiger partial charge in [0.15, 0.2) is 6.10 Å². The molecule has 0 unspecified atom stereocenters. The molecule has 0 saturated carbocycles. The van der Waals surface area contributed by atoms with E-state index < -0.39 is 30.3 Å². The van der Waals surface area contributed by atoms with Crippen molar-refractivity contribution in [2.45, 2.75) is 82.9 Å². The quantitative estimate of drug-likeness (QED) is 0.187. The summed E-state index contributed by atoms with van der Waals surface area (Å²) in [6.45, 7) is 13.2. The molecule has 0 radical (unpaired) electrons. The lowest BCUT2D eigenvalue weighted by Gasteiger charge is -2.27. The van der Waals surface area contributed by atoms with E-state index in [1.54, 1.807) is 0 Å². The average Bonchev–Trinajstić information content (AvgIpc) is 3.21. The first-order chi connectivity index (χ1) is 13.7. The van der Waals surface area contributed by atoms with Crippen molar-refractivity contribution in [1.29, 1.82) is 0 Å². The summed E-state index contributed by atoms with van der Waals surface area (Å²) < 4.78 is 17.1. The van der Waals surface area contributed by atoms with Crippen LogP contribution in [0, 0.1) is 5.92 Å². The molecule has 1 aliphatic carbocycles. The number of hydrogen-bond donors (Lipinski definition) is 1. The Bertz CT molecular complexity index is 739. The van der Waals surface area contributed by atoms with Gasteiger partial charge in [-0.25, -0.2) is 9.68 Å². The zero-order valence-corrected chi connectivity index (χ0v) is 17.3. The molecular weight excluding hydrogens is 376 g/mol. The van der Waals surface area contributed by atoms with E-state index in [-0.39, 0.29) is 17.6 Å². The van der Waals surface area contributed by atoms with Gasteiger partial charge in [0.1, 0.15) is 12.2 Å². The van der Waals surface area contributed by atoms with E-state index in [0.29, 0.717) is 37.7 Å². The number of ether oxygens (including phenoxy) is 3. The van der Waals surface area contributed by atoms with Crippen molar-refractivity contribution in [2.75, 3.05) is 0 Å². The number of esters is 2. The van der Waals surface area contributed by atoms with Crippen LogP contribution >= 0.6 is 0 Å². The van der Waals surface area contributed by atoms with E-state index >= 15 is 0 Å². The molecule has 2 saturated heterocycles. The van der Waals surface area contributed by atoms with Crippen molar-refractivity contribution in [3.8, 4) is 0 Å². The third-order valence-corrected chi connectivity index (χ3v) is 6.31. The fourth-order valence-electron chi connectivity index (χ4n) is 4.33. The highest BCUT2D eigenvalue weighted by Crippen LogP contribution is 2.48. The second-order valence-electron chi connectivity index (χ2n) is 8.46. The van der Waals surface area contributed by atoms with Gasteiger partial charge in [-0.3, -0.25) is 10.1 Å². The number of fused-ring (bicyclic) bond motifs is 2. The van der Waals surface area contributed by atoms with Crippen molar-refractivity contribution in [3.05, 3.63) is 36.0 Å². The summed E-state index contributed by atoms with van der Waals surface area (Å²) >= 11 is 0. The van der Waals surface area contributed by atoms with Crippen LogP contribution in [0.25, 0.3) is 0 Å². The molecule has 3 aliphatic rings. The van der Waals surface area contributed by atoms with Crippen LogP contribution in [0.3, 0.4) is 0 Å². The first kappa shape index (κ1) is 21.7. The van der Waals surface area contributed by atoms with Crippen LogP contribution in [0.2, 0.25) is 0 Å². The van der Waals surface area contributed by atoms with Crippen molar-refractivity contribution in [3.63, 3.8) is 0 Å². The van der Waals surface area contributed by atoms with Gasteiger partial charge in [-0.15, -0.1) is 0 Å². The SMILES string of the molecule is C=C1CCC=C(C)[C@H](OC(C)=O)[C@@H]2OC(=O)C(=C)[C@H]2C[C@@H]2O[C@@]2(C)CC[C@@H]1OO. The highest BCUT2D eigenvalue weighted by molar-refractivity contribution is 5.91. The molecule has 2 aliphatic heterocycles. The van der Waals surface area contributed by atoms with Gasteiger partial charge in [0.25, 0.3) is 0 Å². The minimum absolute atomic E-state index is 0.0842. The second-order valence-corrected chi connectivity index (χ2v) is 8.46. The highest BCUT2D eigenvalue weighted by atomic mass is 17.1. The Kier molecular flexibility index (Phi) is 6.31. The maximum Gasteiger partial charge on any atom is 0.334 e. The summed E-state index contributed by atoms with van der Waals surface area (Å²) in [5.74, 6) is -1.20. The van der Waals surface area contributed by atoms with Crippen LogP contribution < -0.4 is 0 Å². The molecule has 3 rings (SSSR count). The fraction of sp³-hybridized carbons (Fsp3) is 0.636. The summed E-state index contributed by atoms with van der Waals surface area (Å²) in [6.07, 6.45) is 3.15. The molecule has 2 heterocycles. The first-order valence-electron chi connectivity index (χ1n) is 10.1. The van der Waals surface area contributed by atoms with Gasteiger partial charge in [-0.2, -0.15) is 0 Å². The molecule has 160 valence electrons. The number of rotatable bonds is 2. The lowest BCUT2D eigenvalue weighted by atomic mass is 9.83. The highest BCUT2D eigenvalue weighted by Gasteiger charge is 2.56. The van der Waals surface area contributed by atoms with Crippen LogP contribution in [0.5, 0.6) is 0 Å². The molecule has 7 heteroatoms. The van der Waals surface area contributed by atoms with E-state index in [4.69, 9.17) is 14.2 Å². The summed E-state index contributed by atoms with van der Waals surface area (Å²) in [5, 5.41) is 9.29. The number of carbonyl (C=O) groups excluding carboxylic acids is 2. The Morgan fingerprint density at radius 3 is 2.76 bits per heavy atom. The van der Waals surface area contributed by atoms with Gasteiger partial charge in [-0.05, 0) is 57.1 Å². The molecule has 0 spiro atoms. The standard InChI is InChI=1S/C22H30O7/c1-12-7-6-8-13(2)19(26-15(4)23)20-16(14(3)21(24)27-20)11-18-22(5,28-18)10-9-17(12)29-25/h8,16-20,25H,1,3,6-7,9-11H2,2,4-5H3/t16-,17+,18+,19+,20-,22+/m1/s1. The third kappa shape index (κ3) is 4.63. The summed E-state index contributed by atoms with van der Waals surface area (Å²) in [5.41, 5.74) is 1.59. The van der Waals surface area contributed by atoms with Crippen molar-refractivity contribution in [1.82, 2.24) is 0 Å². The number of allylic oxidation sites excluding steroid dienone is 1. The topological polar surface area (TPSA) is 94.6 Å². The Morgan fingerprint density at radius 1 is 1.38 bits per heavy atom. The van der Waals surface area contributed by atoms with Crippen LogP contribution in [0.1, 0.15) is 52.9 Å². The molecule has 0 bridgehead atoms. The summed E-state index contributed by atoms with van der Waals surface area (Å²) in [7, 11) is 0. The third-order valence-electron chi connectivity index (χ3n) is 6.31. The minimum Gasteiger partial charge on any atom is -0.454 e. The molecule has 2 fully saturated rings. The minimum atomic E-state index is -0.688. The number of carbonyl (C=O) groups is 2. The van der Waals surface area contributed by atoms with Gasteiger partial charge in [0.05, 0.1) is 11.7 Å². The predicted octanol–water partition coefficient (Wildman–Crippen LogP) is 3.50. The maximum atomic E-state index is 12.3. The van der Waals surface area contributed by atoms with E-state index in [2.05, 4.69) is 18.0 Å². The zero-order chi connectivity index (χ0) is 21.3. The first-order valence-corrected chi connectivity index (χ1v) is 10.1. The number of epoxide rings is 1.